The van der Waals surface area contributed by atoms with E-state index in [0.29, 0.717) is 24.4 Å². The Morgan fingerprint density at radius 2 is 1.97 bits per heavy atom. The Labute approximate surface area is 186 Å². The van der Waals surface area contributed by atoms with Crippen molar-refractivity contribution in [3.8, 4) is 0 Å². The highest BCUT2D eigenvalue weighted by Crippen LogP contribution is 2.29. The Morgan fingerprint density at radius 1 is 1.19 bits per heavy atom. The van der Waals surface area contributed by atoms with Gasteiger partial charge in [0.15, 0.2) is 10.7 Å². The molecule has 32 heavy (non-hydrogen) atoms. The third-order valence-electron chi connectivity index (χ3n) is 5.45. The highest BCUT2D eigenvalue weighted by Gasteiger charge is 2.36. The minimum absolute atomic E-state index is 0.0346. The summed E-state index contributed by atoms with van der Waals surface area (Å²) < 4.78 is 38.5. The van der Waals surface area contributed by atoms with E-state index < -0.39 is 10.0 Å². The lowest BCUT2D eigenvalue weighted by Gasteiger charge is -2.30. The molecule has 1 amide bonds. The van der Waals surface area contributed by atoms with Crippen molar-refractivity contribution in [1.29, 1.82) is 0 Å². The lowest BCUT2D eigenvalue weighted by atomic mass is 9.97. The average molecular weight is 457 g/mol. The number of carbonyl (C=O) groups is 1. The van der Waals surface area contributed by atoms with Crippen LogP contribution in [0.1, 0.15) is 35.6 Å². The van der Waals surface area contributed by atoms with Crippen LogP contribution < -0.4 is 5.32 Å². The number of aryl methyl sites for hydroxylation is 2. The summed E-state index contributed by atoms with van der Waals surface area (Å²) in [5.74, 6) is 0.805. The first-order chi connectivity index (χ1) is 15.4. The van der Waals surface area contributed by atoms with Gasteiger partial charge in [-0.3, -0.25) is 4.79 Å². The van der Waals surface area contributed by atoms with E-state index in [1.807, 2.05) is 13.0 Å². The highest BCUT2D eigenvalue weighted by atomic mass is 32.2. The number of furan rings is 1. The SMILES string of the molecule is Cc1cccnc1NC(=O)C1CCN(S(=O)(=O)c2c(C)noc2/C=C/c2ccco2)CC1. The third kappa shape index (κ3) is 4.51. The summed E-state index contributed by atoms with van der Waals surface area (Å²) in [5.41, 5.74) is 1.16. The molecule has 0 radical (unpaired) electrons. The van der Waals surface area contributed by atoms with Crippen molar-refractivity contribution in [2.24, 2.45) is 5.92 Å². The number of hydrogen-bond donors (Lipinski definition) is 1. The minimum Gasteiger partial charge on any atom is -0.465 e. The monoisotopic (exact) mass is 456 g/mol. The van der Waals surface area contributed by atoms with Gasteiger partial charge >= 0.3 is 0 Å². The number of nitrogens with zero attached hydrogens (tertiary/aromatic N) is 3. The van der Waals surface area contributed by atoms with Gasteiger partial charge in [0, 0.05) is 25.2 Å². The Morgan fingerprint density at radius 3 is 2.66 bits per heavy atom. The quantitative estimate of drug-likeness (QED) is 0.603. The third-order valence-corrected chi connectivity index (χ3v) is 7.51. The number of amides is 1. The van der Waals surface area contributed by atoms with Crippen molar-refractivity contribution >= 4 is 33.9 Å². The molecule has 0 bridgehead atoms. The molecule has 4 rings (SSSR count). The van der Waals surface area contributed by atoms with Crippen LogP contribution in [-0.2, 0) is 14.8 Å². The molecular weight excluding hydrogens is 432 g/mol. The summed E-state index contributed by atoms with van der Waals surface area (Å²) in [6.07, 6.45) is 7.13. The number of pyridine rings is 1. The fourth-order valence-corrected chi connectivity index (χ4v) is 5.39. The zero-order valence-electron chi connectivity index (χ0n) is 17.8. The van der Waals surface area contributed by atoms with Crippen LogP contribution in [0.3, 0.4) is 0 Å². The summed E-state index contributed by atoms with van der Waals surface area (Å²) in [4.78, 5) is 16.9. The molecule has 1 aliphatic heterocycles. The van der Waals surface area contributed by atoms with E-state index in [9.17, 15) is 13.2 Å². The second-order valence-electron chi connectivity index (χ2n) is 7.65. The summed E-state index contributed by atoms with van der Waals surface area (Å²) in [6.45, 7) is 3.92. The summed E-state index contributed by atoms with van der Waals surface area (Å²) in [5, 5.41) is 6.69. The van der Waals surface area contributed by atoms with Crippen molar-refractivity contribution in [3.05, 3.63) is 59.5 Å². The first-order valence-corrected chi connectivity index (χ1v) is 11.7. The van der Waals surface area contributed by atoms with Crippen LogP contribution in [0, 0.1) is 19.8 Å². The van der Waals surface area contributed by atoms with Crippen LogP contribution in [-0.4, -0.2) is 41.9 Å². The molecule has 4 heterocycles. The van der Waals surface area contributed by atoms with E-state index in [1.165, 1.54) is 16.6 Å². The van der Waals surface area contributed by atoms with Gasteiger partial charge in [0.1, 0.15) is 17.3 Å². The first kappa shape index (κ1) is 22.0. The van der Waals surface area contributed by atoms with Gasteiger partial charge < -0.3 is 14.3 Å². The normalized spacial score (nSPS) is 15.9. The van der Waals surface area contributed by atoms with Crippen LogP contribution in [0.2, 0.25) is 0 Å². The Hall–Kier alpha value is -3.24. The van der Waals surface area contributed by atoms with Gasteiger partial charge in [-0.25, -0.2) is 13.4 Å². The van der Waals surface area contributed by atoms with Crippen LogP contribution in [0.4, 0.5) is 5.82 Å². The molecule has 0 unspecified atom stereocenters. The number of sulfonamides is 1. The molecule has 3 aromatic rings. The summed E-state index contributed by atoms with van der Waals surface area (Å²) in [6, 6.07) is 7.16. The summed E-state index contributed by atoms with van der Waals surface area (Å²) in [7, 11) is -3.83. The number of nitrogens with one attached hydrogen (secondary N) is 1. The van der Waals surface area contributed by atoms with Gasteiger partial charge in [0.25, 0.3) is 0 Å². The second-order valence-corrected chi connectivity index (χ2v) is 9.52. The molecule has 0 saturated carbocycles. The molecule has 0 aromatic carbocycles. The summed E-state index contributed by atoms with van der Waals surface area (Å²) >= 11 is 0. The average Bonchev–Trinajstić information content (AvgIpc) is 3.43. The Balaban J connectivity index is 1.45. The van der Waals surface area contributed by atoms with Crippen molar-refractivity contribution < 1.29 is 22.2 Å². The molecular formula is C22H24N4O5S. The molecule has 1 saturated heterocycles. The van der Waals surface area contributed by atoms with Gasteiger partial charge in [-0.05, 0) is 62.6 Å². The van der Waals surface area contributed by atoms with Crippen LogP contribution >= 0.6 is 0 Å². The number of piperidine rings is 1. The molecule has 0 aliphatic carbocycles. The van der Waals surface area contributed by atoms with E-state index in [4.69, 9.17) is 8.94 Å². The lowest BCUT2D eigenvalue weighted by Crippen LogP contribution is -2.41. The van der Waals surface area contributed by atoms with Crippen molar-refractivity contribution in [1.82, 2.24) is 14.4 Å². The second kappa shape index (κ2) is 9.09. The first-order valence-electron chi connectivity index (χ1n) is 10.3. The van der Waals surface area contributed by atoms with E-state index in [0.717, 1.165) is 5.56 Å². The predicted molar refractivity (Wildman–Crippen MR) is 118 cm³/mol. The van der Waals surface area contributed by atoms with Gasteiger partial charge in [0.2, 0.25) is 15.9 Å². The van der Waals surface area contributed by atoms with E-state index >= 15 is 0 Å². The van der Waals surface area contributed by atoms with Crippen LogP contribution in [0.5, 0.6) is 0 Å². The number of aromatic nitrogens is 2. The maximum atomic E-state index is 13.3. The van der Waals surface area contributed by atoms with Crippen molar-refractivity contribution in [2.45, 2.75) is 31.6 Å². The van der Waals surface area contributed by atoms with Crippen molar-refractivity contribution in [2.75, 3.05) is 18.4 Å². The van der Waals surface area contributed by atoms with E-state index in [-0.39, 0.29) is 41.3 Å². The van der Waals surface area contributed by atoms with Gasteiger partial charge in [-0.1, -0.05) is 11.2 Å². The van der Waals surface area contributed by atoms with Crippen LogP contribution in [0.15, 0.2) is 50.6 Å². The Bertz CT molecular complexity index is 1220. The largest absolute Gasteiger partial charge is 0.465 e. The van der Waals surface area contributed by atoms with E-state index in [1.54, 1.807) is 37.4 Å². The molecule has 168 valence electrons. The molecule has 10 heteroatoms. The zero-order chi connectivity index (χ0) is 22.7. The number of carbonyl (C=O) groups excluding carboxylic acids is 1. The fraction of sp³-hybridized carbons (Fsp3) is 0.318. The topological polar surface area (TPSA) is 119 Å². The molecule has 1 aliphatic rings. The molecule has 9 nitrogen and oxygen atoms in total. The maximum absolute atomic E-state index is 13.3. The van der Waals surface area contributed by atoms with Gasteiger partial charge in [0.05, 0.1) is 6.26 Å². The minimum atomic E-state index is -3.83. The zero-order valence-corrected chi connectivity index (χ0v) is 18.6. The smallest absolute Gasteiger partial charge is 0.248 e. The number of hydrogen-bond acceptors (Lipinski definition) is 7. The van der Waals surface area contributed by atoms with E-state index in [2.05, 4.69) is 15.5 Å². The lowest BCUT2D eigenvalue weighted by molar-refractivity contribution is -0.120. The molecule has 3 aromatic heterocycles. The molecule has 1 N–H and O–H groups in total. The van der Waals surface area contributed by atoms with Gasteiger partial charge in [-0.15, -0.1) is 0 Å². The molecule has 0 atom stereocenters. The number of rotatable bonds is 6. The standard InChI is InChI=1S/C22H24N4O5S/c1-15-5-3-11-23-21(15)24-22(27)17-9-12-26(13-10-17)32(28,29)20-16(2)25-31-19(20)8-7-18-6-4-14-30-18/h3-8,11,14,17H,9-10,12-13H2,1-2H3,(H,23,24,27)/b8-7+. The maximum Gasteiger partial charge on any atom is 0.248 e. The predicted octanol–water partition coefficient (Wildman–Crippen LogP) is 3.49. The van der Waals surface area contributed by atoms with Crippen LogP contribution in [0.25, 0.3) is 12.2 Å². The fourth-order valence-electron chi connectivity index (χ4n) is 3.67. The Kier molecular flexibility index (Phi) is 6.24. The van der Waals surface area contributed by atoms with Gasteiger partial charge in [-0.2, -0.15) is 4.31 Å². The molecule has 0 spiro atoms. The molecule has 1 fully saturated rings. The van der Waals surface area contributed by atoms with Crippen molar-refractivity contribution in [3.63, 3.8) is 0 Å². The highest BCUT2D eigenvalue weighted by molar-refractivity contribution is 7.89. The number of anilines is 1.